The summed E-state index contributed by atoms with van der Waals surface area (Å²) in [7, 11) is 0. The Hall–Kier alpha value is -1.67. The van der Waals surface area contributed by atoms with Crippen LogP contribution in [0.15, 0.2) is 0 Å². The van der Waals surface area contributed by atoms with Crippen LogP contribution < -0.4 is 22.1 Å². The zero-order valence-corrected chi connectivity index (χ0v) is 15.4. The molecule has 0 aromatic rings. The number of primary amides is 1. The van der Waals surface area contributed by atoms with Crippen molar-refractivity contribution in [2.24, 2.45) is 11.5 Å². The lowest BCUT2D eigenvalue weighted by molar-refractivity contribution is -0.140. The van der Waals surface area contributed by atoms with E-state index in [0.29, 0.717) is 25.9 Å². The van der Waals surface area contributed by atoms with Crippen LogP contribution in [-0.4, -0.2) is 60.4 Å². The third kappa shape index (κ3) is 6.62. The summed E-state index contributed by atoms with van der Waals surface area (Å²) in [5.41, 5.74) is 10.7. The van der Waals surface area contributed by atoms with Gasteiger partial charge in [-0.2, -0.15) is 0 Å². The Labute approximate surface area is 150 Å². The van der Waals surface area contributed by atoms with Crippen LogP contribution in [0.3, 0.4) is 0 Å². The fourth-order valence-electron chi connectivity index (χ4n) is 3.01. The number of amides is 3. The molecule has 0 spiro atoms. The number of nitrogens with two attached hydrogens (primary N) is 2. The predicted molar refractivity (Wildman–Crippen MR) is 96.5 cm³/mol. The quantitative estimate of drug-likeness (QED) is 0.370. The van der Waals surface area contributed by atoms with Gasteiger partial charge in [-0.15, -0.1) is 0 Å². The molecule has 0 saturated carbocycles. The van der Waals surface area contributed by atoms with Crippen molar-refractivity contribution >= 4 is 17.7 Å². The van der Waals surface area contributed by atoms with E-state index in [1.54, 1.807) is 11.8 Å². The largest absolute Gasteiger partial charge is 0.368 e. The van der Waals surface area contributed by atoms with Crippen LogP contribution in [0.2, 0.25) is 0 Å². The molecule has 0 aliphatic carbocycles. The van der Waals surface area contributed by atoms with E-state index >= 15 is 0 Å². The summed E-state index contributed by atoms with van der Waals surface area (Å²) in [6.45, 7) is 5.51. The minimum Gasteiger partial charge on any atom is -0.368 e. The van der Waals surface area contributed by atoms with Crippen LogP contribution in [0.25, 0.3) is 0 Å². The topological polar surface area (TPSA) is 131 Å². The number of hydrogen-bond acceptors (Lipinski definition) is 5. The van der Waals surface area contributed by atoms with Crippen molar-refractivity contribution in [3.05, 3.63) is 0 Å². The highest BCUT2D eigenvalue weighted by Crippen LogP contribution is 2.20. The smallest absolute Gasteiger partial charge is 0.243 e. The van der Waals surface area contributed by atoms with Gasteiger partial charge in [0.25, 0.3) is 0 Å². The third-order valence-corrected chi connectivity index (χ3v) is 4.51. The van der Waals surface area contributed by atoms with Crippen LogP contribution in [0.4, 0.5) is 0 Å². The fraction of sp³-hybridized carbons (Fsp3) is 0.824. The second-order valence-electron chi connectivity index (χ2n) is 6.61. The summed E-state index contributed by atoms with van der Waals surface area (Å²) >= 11 is 0. The van der Waals surface area contributed by atoms with Crippen molar-refractivity contribution < 1.29 is 14.4 Å². The van der Waals surface area contributed by atoms with Gasteiger partial charge >= 0.3 is 0 Å². The van der Waals surface area contributed by atoms with Crippen LogP contribution in [0, 0.1) is 0 Å². The summed E-state index contributed by atoms with van der Waals surface area (Å²) in [5.74, 6) is -0.948. The molecule has 6 N–H and O–H groups in total. The molecule has 1 heterocycles. The summed E-state index contributed by atoms with van der Waals surface area (Å²) in [6.07, 6.45) is 4.76. The number of hydrogen-bond donors (Lipinski definition) is 4. The lowest BCUT2D eigenvalue weighted by atomic mass is 10.1. The molecule has 0 unspecified atom stereocenters. The van der Waals surface area contributed by atoms with Gasteiger partial charge in [-0.1, -0.05) is 13.3 Å². The molecule has 3 amide bonds. The predicted octanol–water partition coefficient (Wildman–Crippen LogP) is -0.535. The van der Waals surface area contributed by atoms with E-state index in [4.69, 9.17) is 11.5 Å². The SMILES string of the molecule is CCCN[C@@H](CCCCN)C(=O)N1CCC[C@H]1C(=O)N[C@H](C)C(N)=O. The van der Waals surface area contributed by atoms with E-state index in [2.05, 4.69) is 10.6 Å². The monoisotopic (exact) mass is 355 g/mol. The molecule has 1 rings (SSSR count). The number of unbranched alkanes of at least 4 members (excludes halogenated alkanes) is 1. The van der Waals surface area contributed by atoms with Gasteiger partial charge in [0.1, 0.15) is 12.1 Å². The molecule has 0 aromatic heterocycles. The molecule has 0 radical (unpaired) electrons. The van der Waals surface area contributed by atoms with Crippen molar-refractivity contribution in [3.8, 4) is 0 Å². The minimum absolute atomic E-state index is 0.0464. The first-order valence-corrected chi connectivity index (χ1v) is 9.26. The minimum atomic E-state index is -0.747. The molecule has 0 aromatic carbocycles. The summed E-state index contributed by atoms with van der Waals surface area (Å²) < 4.78 is 0. The van der Waals surface area contributed by atoms with Crippen LogP contribution in [0.5, 0.6) is 0 Å². The number of carbonyl (C=O) groups is 3. The number of nitrogens with zero attached hydrogens (tertiary/aromatic N) is 1. The molecular weight excluding hydrogens is 322 g/mol. The molecule has 3 atom stereocenters. The molecule has 8 heteroatoms. The van der Waals surface area contributed by atoms with E-state index in [9.17, 15) is 14.4 Å². The summed E-state index contributed by atoms with van der Waals surface area (Å²) in [4.78, 5) is 38.1. The van der Waals surface area contributed by atoms with Gasteiger partial charge in [0, 0.05) is 6.54 Å². The van der Waals surface area contributed by atoms with Gasteiger partial charge in [0.05, 0.1) is 6.04 Å². The van der Waals surface area contributed by atoms with Gasteiger partial charge in [0.2, 0.25) is 17.7 Å². The summed E-state index contributed by atoms with van der Waals surface area (Å²) in [5, 5.41) is 5.88. The summed E-state index contributed by atoms with van der Waals surface area (Å²) in [6, 6.07) is -1.58. The van der Waals surface area contributed by atoms with Gasteiger partial charge in [-0.25, -0.2) is 0 Å². The van der Waals surface area contributed by atoms with Gasteiger partial charge < -0.3 is 27.0 Å². The molecule has 25 heavy (non-hydrogen) atoms. The van der Waals surface area contributed by atoms with Crippen molar-refractivity contribution in [2.45, 2.75) is 70.5 Å². The first kappa shape index (κ1) is 21.4. The maximum Gasteiger partial charge on any atom is 0.243 e. The molecule has 1 fully saturated rings. The first-order valence-electron chi connectivity index (χ1n) is 9.26. The Kier molecular flexibility index (Phi) is 9.44. The van der Waals surface area contributed by atoms with Crippen LogP contribution in [0.1, 0.15) is 52.4 Å². The molecule has 1 saturated heterocycles. The first-order chi connectivity index (χ1) is 11.9. The lowest BCUT2D eigenvalue weighted by Gasteiger charge is -2.29. The van der Waals surface area contributed by atoms with Crippen molar-refractivity contribution in [1.82, 2.24) is 15.5 Å². The Morgan fingerprint density at radius 1 is 1.28 bits per heavy atom. The number of nitrogens with one attached hydrogen (secondary N) is 2. The van der Waals surface area contributed by atoms with Crippen LogP contribution >= 0.6 is 0 Å². The highest BCUT2D eigenvalue weighted by atomic mass is 16.2. The van der Waals surface area contributed by atoms with E-state index in [-0.39, 0.29) is 17.9 Å². The van der Waals surface area contributed by atoms with Crippen molar-refractivity contribution in [1.29, 1.82) is 0 Å². The Morgan fingerprint density at radius 3 is 2.60 bits per heavy atom. The second kappa shape index (κ2) is 11.0. The maximum atomic E-state index is 12.9. The fourth-order valence-corrected chi connectivity index (χ4v) is 3.01. The van der Waals surface area contributed by atoms with E-state index in [1.165, 1.54) is 0 Å². The normalized spacial score (nSPS) is 19.5. The third-order valence-electron chi connectivity index (χ3n) is 4.51. The Balaban J connectivity index is 2.73. The molecular formula is C17H33N5O3. The molecule has 144 valence electrons. The highest BCUT2D eigenvalue weighted by Gasteiger charge is 2.37. The van der Waals surface area contributed by atoms with Crippen LogP contribution in [-0.2, 0) is 14.4 Å². The second-order valence-corrected chi connectivity index (χ2v) is 6.61. The average Bonchev–Trinajstić information content (AvgIpc) is 3.07. The van der Waals surface area contributed by atoms with Gasteiger partial charge in [0.15, 0.2) is 0 Å². The zero-order chi connectivity index (χ0) is 18.8. The van der Waals surface area contributed by atoms with E-state index in [1.807, 2.05) is 6.92 Å². The molecule has 8 nitrogen and oxygen atoms in total. The Bertz CT molecular complexity index is 458. The Morgan fingerprint density at radius 2 is 2.00 bits per heavy atom. The number of likely N-dealkylation sites (tertiary alicyclic amines) is 1. The van der Waals surface area contributed by atoms with E-state index in [0.717, 1.165) is 32.2 Å². The molecule has 1 aliphatic heterocycles. The average molecular weight is 355 g/mol. The number of carbonyl (C=O) groups excluding carboxylic acids is 3. The lowest BCUT2D eigenvalue weighted by Crippen LogP contribution is -2.54. The van der Waals surface area contributed by atoms with Crippen molar-refractivity contribution in [3.63, 3.8) is 0 Å². The van der Waals surface area contributed by atoms with Gasteiger partial charge in [-0.3, -0.25) is 14.4 Å². The number of rotatable bonds is 11. The van der Waals surface area contributed by atoms with Crippen molar-refractivity contribution in [2.75, 3.05) is 19.6 Å². The standard InChI is InChI=1S/C17H33N5O3/c1-3-10-20-13(7-4-5-9-18)17(25)22-11-6-8-14(22)16(24)21-12(2)15(19)23/h12-14,20H,3-11,18H2,1-2H3,(H2,19,23)(H,21,24)/t12-,13+,14+/m1/s1. The molecule has 0 bridgehead atoms. The maximum absolute atomic E-state index is 12.9. The molecule has 1 aliphatic rings. The van der Waals surface area contributed by atoms with Gasteiger partial charge in [-0.05, 0) is 52.1 Å². The van der Waals surface area contributed by atoms with E-state index < -0.39 is 18.0 Å². The highest BCUT2D eigenvalue weighted by molar-refractivity contribution is 5.93. The zero-order valence-electron chi connectivity index (χ0n) is 15.4.